The molecule has 2 unspecified atom stereocenters. The molecule has 0 radical (unpaired) electrons. The van der Waals surface area contributed by atoms with Crippen LogP contribution in [0.25, 0.3) is 0 Å². The second kappa shape index (κ2) is 15.0. The van der Waals surface area contributed by atoms with Gasteiger partial charge in [-0.2, -0.15) is 4.31 Å². The summed E-state index contributed by atoms with van der Waals surface area (Å²) >= 11 is 5.87. The van der Waals surface area contributed by atoms with E-state index >= 15 is 4.39 Å². The number of anilines is 2. The Hall–Kier alpha value is -4.18. The molecule has 4 aliphatic heterocycles. The van der Waals surface area contributed by atoms with Crippen molar-refractivity contribution in [3.05, 3.63) is 76.3 Å². The number of halogens is 2. The van der Waals surface area contributed by atoms with Crippen molar-refractivity contribution in [2.24, 2.45) is 5.92 Å². The molecule has 2 atom stereocenters. The zero-order valence-electron chi connectivity index (χ0n) is 28.9. The van der Waals surface area contributed by atoms with Crippen LogP contribution in [-0.2, 0) is 32.6 Å². The molecular formula is C36H42ClFN8O5S. The van der Waals surface area contributed by atoms with E-state index in [0.29, 0.717) is 72.6 Å². The summed E-state index contributed by atoms with van der Waals surface area (Å²) < 4.78 is 44.1. The Balaban J connectivity index is 0.899. The average molecular weight is 753 g/mol. The van der Waals surface area contributed by atoms with Gasteiger partial charge in [0.25, 0.3) is 5.91 Å². The maximum absolute atomic E-state index is 15.4. The average Bonchev–Trinajstić information content (AvgIpc) is 3.44. The standard InChI is InChI=1S/C36H42ClFN8O5S/c1-23(15-24-3-2-4-28(16-24)52(50,51)45-9-7-27(8-10-45)41-36-39-19-26(37)20-40-36)21-43-11-13-44(14-12-43)32-17-25-22-46(35(49)29(25)18-30(32)38)31-5-6-33(47)42-34(31)48/h2-4,16-20,23,27,31H,5-15,21-22H2,1H3,(H,39,40,41)(H,42,47,48). The lowest BCUT2D eigenvalue weighted by Crippen LogP contribution is -2.52. The van der Waals surface area contributed by atoms with Crippen molar-refractivity contribution in [1.29, 1.82) is 0 Å². The summed E-state index contributed by atoms with van der Waals surface area (Å²) in [5.41, 5.74) is 2.35. The number of benzene rings is 2. The van der Waals surface area contributed by atoms with Crippen molar-refractivity contribution < 1.29 is 27.2 Å². The van der Waals surface area contributed by atoms with E-state index < -0.39 is 33.7 Å². The summed E-state index contributed by atoms with van der Waals surface area (Å²) in [5, 5.41) is 6.01. The fourth-order valence-corrected chi connectivity index (χ4v) is 9.33. The summed E-state index contributed by atoms with van der Waals surface area (Å²) in [6.07, 6.45) is 5.46. The smallest absolute Gasteiger partial charge is 0.255 e. The molecule has 3 saturated heterocycles. The van der Waals surface area contributed by atoms with Crippen molar-refractivity contribution in [3.63, 3.8) is 0 Å². The number of fused-ring (bicyclic) bond motifs is 1. The summed E-state index contributed by atoms with van der Waals surface area (Å²) in [6, 6.07) is 9.56. The van der Waals surface area contributed by atoms with Gasteiger partial charge in [0.1, 0.15) is 11.9 Å². The summed E-state index contributed by atoms with van der Waals surface area (Å²) in [5.74, 6) is -0.978. The summed E-state index contributed by atoms with van der Waals surface area (Å²) in [4.78, 5) is 51.5. The van der Waals surface area contributed by atoms with Gasteiger partial charge in [-0.05, 0) is 67.0 Å². The number of carbonyl (C=O) groups is 3. The SMILES string of the molecule is CC(Cc1cccc(S(=O)(=O)N2CCC(Nc3ncc(Cl)cn3)CC2)c1)CN1CCN(c2cc3c(cc2F)C(=O)N(C2CCC(=O)NC2=O)C3)CC1. The second-order valence-corrected chi connectivity index (χ2v) is 16.5. The van der Waals surface area contributed by atoms with Crippen molar-refractivity contribution in [3.8, 4) is 0 Å². The molecule has 4 aliphatic rings. The number of nitrogens with zero attached hydrogens (tertiary/aromatic N) is 6. The lowest BCUT2D eigenvalue weighted by molar-refractivity contribution is -0.136. The molecule has 7 rings (SSSR count). The van der Waals surface area contributed by atoms with Gasteiger partial charge >= 0.3 is 0 Å². The van der Waals surface area contributed by atoms with Crippen molar-refractivity contribution in [2.45, 2.75) is 62.6 Å². The van der Waals surface area contributed by atoms with Gasteiger partial charge in [-0.25, -0.2) is 22.8 Å². The van der Waals surface area contributed by atoms with E-state index in [1.807, 2.05) is 17.0 Å². The van der Waals surface area contributed by atoms with E-state index in [0.717, 1.165) is 25.2 Å². The number of nitrogens with one attached hydrogen (secondary N) is 2. The summed E-state index contributed by atoms with van der Waals surface area (Å²) in [6.45, 7) is 6.64. The van der Waals surface area contributed by atoms with Gasteiger partial charge < -0.3 is 15.1 Å². The topological polar surface area (TPSA) is 148 Å². The van der Waals surface area contributed by atoms with Crippen LogP contribution in [0.15, 0.2) is 53.7 Å². The molecule has 13 nitrogen and oxygen atoms in total. The molecule has 0 saturated carbocycles. The van der Waals surface area contributed by atoms with Crippen LogP contribution >= 0.6 is 11.6 Å². The quantitative estimate of drug-likeness (QED) is 0.296. The number of rotatable bonds is 10. The van der Waals surface area contributed by atoms with Crippen LogP contribution in [0.2, 0.25) is 5.02 Å². The molecular weight excluding hydrogens is 711 g/mol. The zero-order valence-corrected chi connectivity index (χ0v) is 30.5. The molecule has 5 heterocycles. The Bertz CT molecular complexity index is 1950. The zero-order chi connectivity index (χ0) is 36.6. The Morgan fingerprint density at radius 2 is 1.73 bits per heavy atom. The van der Waals surface area contributed by atoms with Crippen LogP contribution in [0.5, 0.6) is 0 Å². The summed E-state index contributed by atoms with van der Waals surface area (Å²) in [7, 11) is -3.65. The monoisotopic (exact) mass is 752 g/mol. The number of piperazine rings is 1. The van der Waals surface area contributed by atoms with Crippen LogP contribution in [0, 0.1) is 11.7 Å². The molecule has 52 heavy (non-hydrogen) atoms. The fourth-order valence-electron chi connectivity index (χ4n) is 7.69. The number of hydrogen-bond donors (Lipinski definition) is 2. The van der Waals surface area contributed by atoms with E-state index in [4.69, 9.17) is 11.6 Å². The molecule has 1 aromatic heterocycles. The molecule has 16 heteroatoms. The number of carbonyl (C=O) groups excluding carboxylic acids is 3. The first-order chi connectivity index (χ1) is 24.9. The first-order valence-corrected chi connectivity index (χ1v) is 19.5. The minimum atomic E-state index is -3.65. The van der Waals surface area contributed by atoms with E-state index in [2.05, 4.69) is 32.4 Å². The fraction of sp³-hybridized carbons (Fsp3) is 0.472. The molecule has 2 aromatic carbocycles. The van der Waals surface area contributed by atoms with E-state index in [9.17, 15) is 22.8 Å². The van der Waals surface area contributed by atoms with Crippen LogP contribution in [0.4, 0.5) is 16.0 Å². The van der Waals surface area contributed by atoms with Gasteiger partial charge in [-0.3, -0.25) is 24.6 Å². The minimum absolute atomic E-state index is 0.0672. The van der Waals surface area contributed by atoms with Gasteiger partial charge in [0.05, 0.1) is 28.0 Å². The third-order valence-corrected chi connectivity index (χ3v) is 12.5. The van der Waals surface area contributed by atoms with Crippen LogP contribution in [0.1, 0.15) is 54.1 Å². The number of imide groups is 1. The van der Waals surface area contributed by atoms with Crippen LogP contribution in [-0.4, -0.2) is 108 Å². The highest BCUT2D eigenvalue weighted by atomic mass is 35.5. The predicted octanol–water partition coefficient (Wildman–Crippen LogP) is 3.30. The third kappa shape index (κ3) is 7.77. The van der Waals surface area contributed by atoms with E-state index in [-0.39, 0.29) is 42.8 Å². The molecule has 0 aliphatic carbocycles. The van der Waals surface area contributed by atoms with E-state index in [1.54, 1.807) is 22.5 Å². The Morgan fingerprint density at radius 1 is 1.00 bits per heavy atom. The second-order valence-electron chi connectivity index (χ2n) is 14.2. The van der Waals surface area contributed by atoms with Crippen LogP contribution < -0.4 is 15.5 Å². The molecule has 3 amide bonds. The Morgan fingerprint density at radius 3 is 2.44 bits per heavy atom. The molecule has 2 N–H and O–H groups in total. The van der Waals surface area contributed by atoms with Crippen LogP contribution in [0.3, 0.4) is 0 Å². The molecule has 276 valence electrons. The third-order valence-electron chi connectivity index (χ3n) is 10.4. The van der Waals surface area contributed by atoms with Crippen molar-refractivity contribution in [2.75, 3.05) is 56.0 Å². The molecule has 0 spiro atoms. The minimum Gasteiger partial charge on any atom is -0.367 e. The Kier molecular flexibility index (Phi) is 10.5. The van der Waals surface area contributed by atoms with Gasteiger partial charge in [0.15, 0.2) is 0 Å². The van der Waals surface area contributed by atoms with Crippen molar-refractivity contribution >= 4 is 51.0 Å². The first-order valence-electron chi connectivity index (χ1n) is 17.7. The maximum Gasteiger partial charge on any atom is 0.255 e. The van der Waals surface area contributed by atoms with Gasteiger partial charge in [0, 0.05) is 70.4 Å². The van der Waals surface area contributed by atoms with E-state index in [1.165, 1.54) is 23.4 Å². The number of sulfonamides is 1. The number of hydrogen-bond acceptors (Lipinski definition) is 10. The number of amides is 3. The van der Waals surface area contributed by atoms with Gasteiger partial charge in [-0.1, -0.05) is 30.7 Å². The first kappa shape index (κ1) is 36.2. The highest BCUT2D eigenvalue weighted by molar-refractivity contribution is 7.89. The number of piperidine rings is 2. The van der Waals surface area contributed by atoms with Crippen molar-refractivity contribution in [1.82, 2.24) is 29.4 Å². The molecule has 3 fully saturated rings. The maximum atomic E-state index is 15.4. The predicted molar refractivity (Wildman–Crippen MR) is 193 cm³/mol. The Labute approximate surface area is 307 Å². The lowest BCUT2D eigenvalue weighted by atomic mass is 10.0. The molecule has 3 aromatic rings. The molecule has 0 bridgehead atoms. The highest BCUT2D eigenvalue weighted by Crippen LogP contribution is 2.33. The normalized spacial score (nSPS) is 21.3. The lowest BCUT2D eigenvalue weighted by Gasteiger charge is -2.37. The number of aromatic nitrogens is 2. The largest absolute Gasteiger partial charge is 0.367 e. The highest BCUT2D eigenvalue weighted by Gasteiger charge is 2.40. The van der Waals surface area contributed by atoms with Gasteiger partial charge in [-0.15, -0.1) is 0 Å². The van der Waals surface area contributed by atoms with Gasteiger partial charge in [0.2, 0.25) is 27.8 Å².